The highest BCUT2D eigenvalue weighted by molar-refractivity contribution is 5.97. The van der Waals surface area contributed by atoms with E-state index in [4.69, 9.17) is 9.15 Å². The molecule has 1 atom stereocenters. The van der Waals surface area contributed by atoms with Gasteiger partial charge in [-0.1, -0.05) is 47.6 Å². The van der Waals surface area contributed by atoms with E-state index in [1.165, 1.54) is 6.42 Å². The Bertz CT molecular complexity index is 967. The molecule has 7 heteroatoms. The van der Waals surface area contributed by atoms with Crippen LogP contribution in [0.1, 0.15) is 47.1 Å². The smallest absolute Gasteiger partial charge is 0.318 e. The van der Waals surface area contributed by atoms with Gasteiger partial charge < -0.3 is 19.4 Å². The molecule has 0 aliphatic carbocycles. The van der Waals surface area contributed by atoms with Gasteiger partial charge in [-0.05, 0) is 37.0 Å². The van der Waals surface area contributed by atoms with Gasteiger partial charge in [0, 0.05) is 19.5 Å². The topological polar surface area (TPSA) is 80.5 Å². The standard InChI is InChI=1S/C23H26N4O3/c1-29-20-13-7-6-12-18(20)21(28)24-19(16-17-10-4-2-5-11-17)22-25-26-23(30-22)27-14-8-3-9-15-27/h2,4-7,10-13,19H,3,8-9,14-16H2,1H3,(H,24,28)/t19-/m1/s1. The predicted octanol–water partition coefficient (Wildman–Crippen LogP) is 3.78. The molecular weight excluding hydrogens is 380 g/mol. The first-order valence-corrected chi connectivity index (χ1v) is 10.3. The van der Waals surface area contributed by atoms with Crippen LogP contribution in [0.4, 0.5) is 6.01 Å². The van der Waals surface area contributed by atoms with Crippen molar-refractivity contribution in [3.8, 4) is 5.75 Å². The van der Waals surface area contributed by atoms with Crippen molar-refractivity contribution in [3.05, 3.63) is 71.6 Å². The fraction of sp³-hybridized carbons (Fsp3) is 0.348. The first-order chi connectivity index (χ1) is 14.7. The number of piperidine rings is 1. The van der Waals surface area contributed by atoms with Crippen LogP contribution in [0.15, 0.2) is 59.0 Å². The number of nitrogens with one attached hydrogen (secondary N) is 1. The Hall–Kier alpha value is -3.35. The van der Waals surface area contributed by atoms with Crippen molar-refractivity contribution < 1.29 is 13.9 Å². The summed E-state index contributed by atoms with van der Waals surface area (Å²) in [5, 5.41) is 11.6. The highest BCUT2D eigenvalue weighted by Gasteiger charge is 2.25. The third-order valence-electron chi connectivity index (χ3n) is 5.29. The Morgan fingerprint density at radius 3 is 2.57 bits per heavy atom. The molecule has 0 radical (unpaired) electrons. The van der Waals surface area contributed by atoms with Crippen LogP contribution < -0.4 is 15.0 Å². The first-order valence-electron chi connectivity index (χ1n) is 10.3. The lowest BCUT2D eigenvalue weighted by molar-refractivity contribution is 0.0927. The Morgan fingerprint density at radius 2 is 1.80 bits per heavy atom. The van der Waals surface area contributed by atoms with Gasteiger partial charge in [0.15, 0.2) is 0 Å². The normalized spacial score (nSPS) is 14.9. The number of benzene rings is 2. The third kappa shape index (κ3) is 4.62. The summed E-state index contributed by atoms with van der Waals surface area (Å²) in [6.07, 6.45) is 4.01. The van der Waals surface area contributed by atoms with Gasteiger partial charge in [-0.25, -0.2) is 0 Å². The van der Waals surface area contributed by atoms with Gasteiger partial charge in [0.2, 0.25) is 5.89 Å². The summed E-state index contributed by atoms with van der Waals surface area (Å²) in [7, 11) is 1.55. The molecule has 1 aliphatic heterocycles. The van der Waals surface area contributed by atoms with Gasteiger partial charge in [-0.15, -0.1) is 5.10 Å². The molecule has 7 nitrogen and oxygen atoms in total. The monoisotopic (exact) mass is 406 g/mol. The van der Waals surface area contributed by atoms with Crippen molar-refractivity contribution >= 4 is 11.9 Å². The Labute approximate surface area is 176 Å². The summed E-state index contributed by atoms with van der Waals surface area (Å²) in [6.45, 7) is 1.83. The van der Waals surface area contributed by atoms with Gasteiger partial charge in [0.05, 0.1) is 12.7 Å². The lowest BCUT2D eigenvalue weighted by Gasteiger charge is -2.24. The maximum absolute atomic E-state index is 13.0. The van der Waals surface area contributed by atoms with Crippen molar-refractivity contribution in [3.63, 3.8) is 0 Å². The molecular formula is C23H26N4O3. The second kappa shape index (κ2) is 9.43. The molecule has 1 N–H and O–H groups in total. The van der Waals surface area contributed by atoms with E-state index in [2.05, 4.69) is 20.4 Å². The van der Waals surface area contributed by atoms with Crippen LogP contribution in [0.2, 0.25) is 0 Å². The summed E-state index contributed by atoms with van der Waals surface area (Å²) in [5.74, 6) is 0.682. The highest BCUT2D eigenvalue weighted by atomic mass is 16.5. The molecule has 0 saturated carbocycles. The summed E-state index contributed by atoms with van der Waals surface area (Å²) in [6, 6.07) is 17.2. The van der Waals surface area contributed by atoms with E-state index in [0.717, 1.165) is 31.5 Å². The molecule has 1 saturated heterocycles. The zero-order valence-corrected chi connectivity index (χ0v) is 17.1. The Morgan fingerprint density at radius 1 is 1.07 bits per heavy atom. The molecule has 1 aliphatic rings. The predicted molar refractivity (Wildman–Crippen MR) is 114 cm³/mol. The quantitative estimate of drug-likeness (QED) is 0.643. The minimum Gasteiger partial charge on any atom is -0.496 e. The van der Waals surface area contributed by atoms with Crippen LogP contribution in [0, 0.1) is 0 Å². The molecule has 0 unspecified atom stereocenters. The molecule has 1 aromatic heterocycles. The molecule has 1 amide bonds. The molecule has 2 aromatic carbocycles. The van der Waals surface area contributed by atoms with E-state index >= 15 is 0 Å². The molecule has 1 fully saturated rings. The molecule has 0 bridgehead atoms. The SMILES string of the molecule is COc1ccccc1C(=O)N[C@H](Cc1ccccc1)c1nnc(N2CCCCC2)o1. The fourth-order valence-corrected chi connectivity index (χ4v) is 3.70. The summed E-state index contributed by atoms with van der Waals surface area (Å²) in [4.78, 5) is 15.1. The van der Waals surface area contributed by atoms with Crippen LogP contribution in [0.5, 0.6) is 5.75 Å². The largest absolute Gasteiger partial charge is 0.496 e. The van der Waals surface area contributed by atoms with Crippen LogP contribution in [0.3, 0.4) is 0 Å². The number of amides is 1. The molecule has 156 valence electrons. The zero-order chi connectivity index (χ0) is 20.8. The highest BCUT2D eigenvalue weighted by Crippen LogP contribution is 2.25. The van der Waals surface area contributed by atoms with Crippen molar-refractivity contribution in [1.82, 2.24) is 15.5 Å². The summed E-state index contributed by atoms with van der Waals surface area (Å²) < 4.78 is 11.3. The lowest BCUT2D eigenvalue weighted by Crippen LogP contribution is -2.31. The number of carbonyl (C=O) groups excluding carboxylic acids is 1. The number of hydrogen-bond acceptors (Lipinski definition) is 6. The number of anilines is 1. The molecule has 3 aromatic rings. The number of methoxy groups -OCH3 is 1. The minimum atomic E-state index is -0.448. The van der Waals surface area contributed by atoms with Crippen molar-refractivity contribution in [1.29, 1.82) is 0 Å². The van der Waals surface area contributed by atoms with Gasteiger partial charge in [0.25, 0.3) is 5.91 Å². The van der Waals surface area contributed by atoms with E-state index in [9.17, 15) is 4.79 Å². The number of carbonyl (C=O) groups is 1. The van der Waals surface area contributed by atoms with Crippen LogP contribution >= 0.6 is 0 Å². The van der Waals surface area contributed by atoms with Gasteiger partial charge in [0.1, 0.15) is 11.8 Å². The van der Waals surface area contributed by atoms with Crippen LogP contribution in [-0.4, -0.2) is 36.3 Å². The minimum absolute atomic E-state index is 0.244. The molecule has 4 rings (SSSR count). The Balaban J connectivity index is 1.58. The second-order valence-corrected chi connectivity index (χ2v) is 7.39. The van der Waals surface area contributed by atoms with Crippen LogP contribution in [-0.2, 0) is 6.42 Å². The van der Waals surface area contributed by atoms with E-state index in [0.29, 0.717) is 29.6 Å². The van der Waals surface area contributed by atoms with Gasteiger partial charge in [-0.3, -0.25) is 4.79 Å². The van der Waals surface area contributed by atoms with Crippen molar-refractivity contribution in [2.45, 2.75) is 31.7 Å². The average Bonchev–Trinajstić information content (AvgIpc) is 3.30. The third-order valence-corrected chi connectivity index (χ3v) is 5.29. The summed E-state index contributed by atoms with van der Waals surface area (Å²) >= 11 is 0. The van der Waals surface area contributed by atoms with E-state index < -0.39 is 6.04 Å². The number of rotatable bonds is 7. The van der Waals surface area contributed by atoms with E-state index in [1.54, 1.807) is 19.2 Å². The number of nitrogens with zero attached hydrogens (tertiary/aromatic N) is 3. The molecule has 30 heavy (non-hydrogen) atoms. The second-order valence-electron chi connectivity index (χ2n) is 7.39. The molecule has 2 heterocycles. The van der Waals surface area contributed by atoms with E-state index in [1.807, 2.05) is 42.5 Å². The maximum Gasteiger partial charge on any atom is 0.318 e. The maximum atomic E-state index is 13.0. The first kappa shape index (κ1) is 19.9. The number of para-hydroxylation sites is 1. The van der Waals surface area contributed by atoms with Crippen molar-refractivity contribution in [2.24, 2.45) is 0 Å². The fourth-order valence-electron chi connectivity index (χ4n) is 3.70. The van der Waals surface area contributed by atoms with E-state index in [-0.39, 0.29) is 5.91 Å². The van der Waals surface area contributed by atoms with Gasteiger partial charge >= 0.3 is 6.01 Å². The van der Waals surface area contributed by atoms with Crippen molar-refractivity contribution in [2.75, 3.05) is 25.1 Å². The lowest BCUT2D eigenvalue weighted by atomic mass is 10.1. The number of aromatic nitrogens is 2. The number of hydrogen-bond donors (Lipinski definition) is 1. The number of ether oxygens (including phenoxy) is 1. The zero-order valence-electron chi connectivity index (χ0n) is 17.1. The molecule has 0 spiro atoms. The summed E-state index contributed by atoms with van der Waals surface area (Å²) in [5.41, 5.74) is 1.54. The van der Waals surface area contributed by atoms with Crippen LogP contribution in [0.25, 0.3) is 0 Å². The Kier molecular flexibility index (Phi) is 6.27. The average molecular weight is 406 g/mol. The van der Waals surface area contributed by atoms with Gasteiger partial charge in [-0.2, -0.15) is 0 Å².